The van der Waals surface area contributed by atoms with Crippen LogP contribution in [0.2, 0.25) is 0 Å². The maximum Gasteiger partial charge on any atom is 0.299 e. The van der Waals surface area contributed by atoms with Crippen LogP contribution in [0.25, 0.3) is 0 Å². The molecule has 0 aliphatic carbocycles. The van der Waals surface area contributed by atoms with Gasteiger partial charge in [0.1, 0.15) is 23.6 Å². The van der Waals surface area contributed by atoms with E-state index in [-0.39, 0.29) is 25.1 Å². The predicted molar refractivity (Wildman–Crippen MR) is 147 cm³/mol. The molecule has 9 heteroatoms. The first kappa shape index (κ1) is 27.4. The van der Waals surface area contributed by atoms with Crippen LogP contribution in [0.3, 0.4) is 0 Å². The van der Waals surface area contributed by atoms with E-state index >= 15 is 0 Å². The minimum absolute atomic E-state index is 0.120. The largest absolute Gasteiger partial charge is 0.497 e. The molecule has 0 spiro atoms. The summed E-state index contributed by atoms with van der Waals surface area (Å²) in [5.41, 5.74) is 0.553. The number of rotatable bonds is 10. The molecule has 1 atom stereocenters. The molecule has 0 unspecified atom stereocenters. The van der Waals surface area contributed by atoms with Gasteiger partial charge in [0.05, 0.1) is 31.2 Å². The second-order valence-electron chi connectivity index (χ2n) is 9.35. The van der Waals surface area contributed by atoms with Crippen molar-refractivity contribution < 1.29 is 28.7 Å². The average Bonchev–Trinajstić information content (AvgIpc) is 3.20. The minimum atomic E-state index is -1.32. The summed E-state index contributed by atoms with van der Waals surface area (Å²) in [6.07, 6.45) is 0.277. The molecule has 3 aromatic rings. The molecule has 9 nitrogen and oxygen atoms in total. The molecule has 0 saturated carbocycles. The molecule has 202 valence electrons. The molecule has 39 heavy (non-hydrogen) atoms. The third-order valence-electron chi connectivity index (χ3n) is 7.09. The van der Waals surface area contributed by atoms with E-state index in [0.29, 0.717) is 22.9 Å². The van der Waals surface area contributed by atoms with Crippen molar-refractivity contribution >= 4 is 34.9 Å². The molecular formula is C30H31N3O6. The molecule has 1 N–H and O–H groups in total. The quantitative estimate of drug-likeness (QED) is 0.397. The fourth-order valence-electron chi connectivity index (χ4n) is 4.56. The van der Waals surface area contributed by atoms with Crippen LogP contribution in [0.4, 0.5) is 11.4 Å². The number of carbonyl (C=O) groups excluding carboxylic acids is 4. The van der Waals surface area contributed by atoms with Crippen LogP contribution in [-0.2, 0) is 20.9 Å². The monoisotopic (exact) mass is 529 g/mol. The van der Waals surface area contributed by atoms with E-state index in [1.165, 1.54) is 24.0 Å². The number of para-hydroxylation sites is 1. The lowest BCUT2D eigenvalue weighted by molar-refractivity contribution is -0.145. The summed E-state index contributed by atoms with van der Waals surface area (Å²) < 4.78 is 10.7. The van der Waals surface area contributed by atoms with Crippen LogP contribution in [0.1, 0.15) is 36.2 Å². The van der Waals surface area contributed by atoms with E-state index in [2.05, 4.69) is 5.32 Å². The fourth-order valence-corrected chi connectivity index (χ4v) is 4.56. The maximum absolute atomic E-state index is 13.9. The Balaban J connectivity index is 1.68. The average molecular weight is 530 g/mol. The molecule has 1 aliphatic heterocycles. The Kier molecular flexibility index (Phi) is 7.99. The van der Waals surface area contributed by atoms with Gasteiger partial charge in [0.25, 0.3) is 11.7 Å². The molecule has 0 fully saturated rings. The van der Waals surface area contributed by atoms with Gasteiger partial charge in [-0.2, -0.15) is 0 Å². The lowest BCUT2D eigenvalue weighted by Crippen LogP contribution is -2.58. The number of methoxy groups -OCH3 is 2. The number of benzene rings is 3. The molecule has 3 aromatic carbocycles. The highest BCUT2D eigenvalue weighted by Crippen LogP contribution is 2.33. The summed E-state index contributed by atoms with van der Waals surface area (Å²) in [6, 6.07) is 20.9. The molecule has 0 bridgehead atoms. The van der Waals surface area contributed by atoms with E-state index in [1.54, 1.807) is 49.4 Å². The number of hydrogen-bond donors (Lipinski definition) is 1. The van der Waals surface area contributed by atoms with Crippen molar-refractivity contribution in [1.82, 2.24) is 4.90 Å². The predicted octanol–water partition coefficient (Wildman–Crippen LogP) is 4.07. The highest BCUT2D eigenvalue weighted by molar-refractivity contribution is 6.52. The third kappa shape index (κ3) is 5.34. The van der Waals surface area contributed by atoms with Crippen molar-refractivity contribution in [2.24, 2.45) is 0 Å². The van der Waals surface area contributed by atoms with Crippen molar-refractivity contribution in [3.63, 3.8) is 0 Å². The zero-order valence-corrected chi connectivity index (χ0v) is 22.4. The zero-order valence-electron chi connectivity index (χ0n) is 22.4. The smallest absolute Gasteiger partial charge is 0.299 e. The van der Waals surface area contributed by atoms with Gasteiger partial charge in [-0.1, -0.05) is 49.4 Å². The number of fused-ring (bicyclic) bond motifs is 1. The normalized spacial score (nSPS) is 13.9. The SMILES string of the molecule is CC[C@](C)(C(=O)Nc1ccc(OC)cc1OC)N(Cc1ccccc1)C(=O)CN1C(=O)C(=O)c2ccccc21. The number of Topliss-reactive ketones (excluding diaryl/α,β-unsaturated/α-hetero) is 1. The van der Waals surface area contributed by atoms with Gasteiger partial charge in [-0.05, 0) is 43.2 Å². The van der Waals surface area contributed by atoms with Gasteiger partial charge >= 0.3 is 0 Å². The highest BCUT2D eigenvalue weighted by Gasteiger charge is 2.43. The number of anilines is 2. The lowest BCUT2D eigenvalue weighted by atomic mass is 9.93. The summed E-state index contributed by atoms with van der Waals surface area (Å²) in [7, 11) is 3.02. The van der Waals surface area contributed by atoms with Crippen molar-refractivity contribution in [3.8, 4) is 11.5 Å². The maximum atomic E-state index is 13.9. The first-order valence-corrected chi connectivity index (χ1v) is 12.6. The van der Waals surface area contributed by atoms with Crippen molar-refractivity contribution in [3.05, 3.63) is 83.9 Å². The van der Waals surface area contributed by atoms with E-state index < -0.39 is 29.0 Å². The highest BCUT2D eigenvalue weighted by atomic mass is 16.5. The second kappa shape index (κ2) is 11.4. The van der Waals surface area contributed by atoms with Gasteiger partial charge in [-0.15, -0.1) is 0 Å². The summed E-state index contributed by atoms with van der Waals surface area (Å²) in [5.74, 6) is -1.36. The molecule has 0 radical (unpaired) electrons. The number of amides is 3. The summed E-state index contributed by atoms with van der Waals surface area (Å²) in [5, 5.41) is 2.90. The number of hydrogen-bond acceptors (Lipinski definition) is 6. The molecule has 3 amide bonds. The van der Waals surface area contributed by atoms with Crippen molar-refractivity contribution in [1.29, 1.82) is 0 Å². The van der Waals surface area contributed by atoms with Crippen LogP contribution >= 0.6 is 0 Å². The number of nitrogens with zero attached hydrogens (tertiary/aromatic N) is 2. The molecule has 1 aliphatic rings. The van der Waals surface area contributed by atoms with Gasteiger partial charge in [-0.3, -0.25) is 24.1 Å². The van der Waals surface area contributed by atoms with Gasteiger partial charge in [0, 0.05) is 12.6 Å². The number of carbonyl (C=O) groups is 4. The number of ether oxygens (including phenoxy) is 2. The summed E-state index contributed by atoms with van der Waals surface area (Å²) >= 11 is 0. The standard InChI is InChI=1S/C30H31N3O6/c1-5-30(2,29(37)31-23-16-15-21(38-3)17-25(23)39-4)33(18-20-11-7-6-8-12-20)26(34)19-32-24-14-10-9-13-22(24)27(35)28(32)36/h6-17H,5,18-19H2,1-4H3,(H,31,37)/t30-/m1/s1. The van der Waals surface area contributed by atoms with Gasteiger partial charge < -0.3 is 19.7 Å². The molecule has 0 saturated heterocycles. The third-order valence-corrected chi connectivity index (χ3v) is 7.09. The van der Waals surface area contributed by atoms with Crippen molar-refractivity contribution in [2.45, 2.75) is 32.4 Å². The first-order valence-electron chi connectivity index (χ1n) is 12.6. The zero-order chi connectivity index (χ0) is 28.2. The van der Waals surface area contributed by atoms with Crippen LogP contribution in [-0.4, -0.2) is 54.7 Å². The van der Waals surface area contributed by atoms with Gasteiger partial charge in [-0.25, -0.2) is 0 Å². The van der Waals surface area contributed by atoms with E-state index in [0.717, 1.165) is 5.56 Å². The van der Waals surface area contributed by atoms with E-state index in [9.17, 15) is 19.2 Å². The summed E-state index contributed by atoms with van der Waals surface area (Å²) in [6.45, 7) is 3.23. The van der Waals surface area contributed by atoms with Crippen LogP contribution in [0.5, 0.6) is 11.5 Å². The van der Waals surface area contributed by atoms with Gasteiger partial charge in [0.15, 0.2) is 0 Å². The lowest BCUT2D eigenvalue weighted by Gasteiger charge is -2.40. The van der Waals surface area contributed by atoms with E-state index in [1.807, 2.05) is 37.3 Å². The van der Waals surface area contributed by atoms with Crippen LogP contribution in [0, 0.1) is 0 Å². The second-order valence-corrected chi connectivity index (χ2v) is 9.35. The van der Waals surface area contributed by atoms with Crippen molar-refractivity contribution in [2.75, 3.05) is 31.0 Å². The number of ketones is 1. The van der Waals surface area contributed by atoms with Crippen LogP contribution < -0.4 is 19.7 Å². The number of nitrogens with one attached hydrogen (secondary N) is 1. The Bertz CT molecular complexity index is 1410. The molecule has 0 aromatic heterocycles. The molecular weight excluding hydrogens is 498 g/mol. The minimum Gasteiger partial charge on any atom is -0.497 e. The first-order chi connectivity index (χ1) is 18.7. The Labute approximate surface area is 227 Å². The van der Waals surface area contributed by atoms with Gasteiger partial charge in [0.2, 0.25) is 11.8 Å². The topological polar surface area (TPSA) is 105 Å². The Hall–Kier alpha value is -4.66. The molecule has 1 heterocycles. The fraction of sp³-hybridized carbons (Fsp3) is 0.267. The Morgan fingerprint density at radius 2 is 1.64 bits per heavy atom. The Morgan fingerprint density at radius 1 is 0.949 bits per heavy atom. The Morgan fingerprint density at radius 3 is 2.31 bits per heavy atom. The van der Waals surface area contributed by atoms with E-state index in [4.69, 9.17) is 9.47 Å². The van der Waals surface area contributed by atoms with Crippen LogP contribution in [0.15, 0.2) is 72.8 Å². The molecule has 4 rings (SSSR count). The summed E-state index contributed by atoms with van der Waals surface area (Å²) in [4.78, 5) is 55.7.